The zero-order valence-electron chi connectivity index (χ0n) is 9.95. The summed E-state index contributed by atoms with van der Waals surface area (Å²) >= 11 is 6.07. The lowest BCUT2D eigenvalue weighted by Gasteiger charge is -2.40. The minimum absolute atomic E-state index is 0.294. The SMILES string of the molecule is CN1CC[C@H]2CC(=O)c3ccc(Cl)cc3[C@@H]2C1. The van der Waals surface area contributed by atoms with E-state index >= 15 is 0 Å². The summed E-state index contributed by atoms with van der Waals surface area (Å²) in [5.41, 5.74) is 2.07. The first-order valence-corrected chi connectivity index (χ1v) is 6.54. The molecule has 0 saturated carbocycles. The molecule has 0 amide bonds. The molecule has 1 aliphatic carbocycles. The molecule has 1 heterocycles. The number of Topliss-reactive ketones (excluding diaryl/α,β-unsaturated/α-hetero) is 1. The van der Waals surface area contributed by atoms with E-state index < -0.39 is 0 Å². The first kappa shape index (κ1) is 11.2. The van der Waals surface area contributed by atoms with Gasteiger partial charge in [-0.1, -0.05) is 11.6 Å². The lowest BCUT2D eigenvalue weighted by molar-refractivity contribution is 0.0887. The van der Waals surface area contributed by atoms with Crippen LogP contribution in [-0.2, 0) is 0 Å². The van der Waals surface area contributed by atoms with Crippen LogP contribution in [0, 0.1) is 5.92 Å². The Labute approximate surface area is 107 Å². The molecule has 1 aromatic carbocycles. The van der Waals surface area contributed by atoms with Crippen LogP contribution in [0.15, 0.2) is 18.2 Å². The Morgan fingerprint density at radius 2 is 2.24 bits per heavy atom. The minimum Gasteiger partial charge on any atom is -0.306 e. The molecule has 90 valence electrons. The van der Waals surface area contributed by atoms with Crippen LogP contribution in [0.5, 0.6) is 0 Å². The largest absolute Gasteiger partial charge is 0.306 e. The van der Waals surface area contributed by atoms with E-state index in [9.17, 15) is 4.79 Å². The zero-order valence-corrected chi connectivity index (χ0v) is 10.7. The third-order valence-corrected chi connectivity index (χ3v) is 4.36. The van der Waals surface area contributed by atoms with Gasteiger partial charge in [0, 0.05) is 29.5 Å². The molecule has 0 N–H and O–H groups in total. The minimum atomic E-state index is 0.294. The predicted octanol–water partition coefficient (Wildman–Crippen LogP) is 2.96. The van der Waals surface area contributed by atoms with Crippen LogP contribution in [0.25, 0.3) is 0 Å². The fourth-order valence-electron chi connectivity index (χ4n) is 3.20. The third kappa shape index (κ3) is 1.90. The number of likely N-dealkylation sites (tertiary alicyclic amines) is 1. The molecule has 0 radical (unpaired) electrons. The number of ketones is 1. The smallest absolute Gasteiger partial charge is 0.163 e. The van der Waals surface area contributed by atoms with Gasteiger partial charge in [0.05, 0.1) is 0 Å². The molecule has 0 aromatic heterocycles. The molecular weight excluding hydrogens is 234 g/mol. The van der Waals surface area contributed by atoms with Crippen molar-refractivity contribution in [3.05, 3.63) is 34.3 Å². The molecule has 1 aromatic rings. The Bertz CT molecular complexity index is 471. The van der Waals surface area contributed by atoms with Crippen LogP contribution in [0.4, 0.5) is 0 Å². The lowest BCUT2D eigenvalue weighted by Crippen LogP contribution is -2.40. The van der Waals surface area contributed by atoms with Crippen molar-refractivity contribution in [1.82, 2.24) is 4.90 Å². The number of hydrogen-bond donors (Lipinski definition) is 0. The highest BCUT2D eigenvalue weighted by atomic mass is 35.5. The number of piperidine rings is 1. The number of likely N-dealkylation sites (N-methyl/N-ethyl adjacent to an activating group) is 1. The molecule has 1 fully saturated rings. The van der Waals surface area contributed by atoms with E-state index in [4.69, 9.17) is 11.6 Å². The number of carbonyl (C=O) groups is 1. The molecule has 0 unspecified atom stereocenters. The van der Waals surface area contributed by atoms with Gasteiger partial charge in [-0.3, -0.25) is 4.79 Å². The van der Waals surface area contributed by atoms with Gasteiger partial charge in [0.25, 0.3) is 0 Å². The van der Waals surface area contributed by atoms with E-state index in [-0.39, 0.29) is 0 Å². The Morgan fingerprint density at radius 1 is 1.41 bits per heavy atom. The van der Waals surface area contributed by atoms with Crippen molar-refractivity contribution in [2.75, 3.05) is 20.1 Å². The molecule has 2 nitrogen and oxygen atoms in total. The fraction of sp³-hybridized carbons (Fsp3) is 0.500. The summed E-state index contributed by atoms with van der Waals surface area (Å²) in [7, 11) is 2.15. The molecule has 0 bridgehead atoms. The summed E-state index contributed by atoms with van der Waals surface area (Å²) < 4.78 is 0. The van der Waals surface area contributed by atoms with Gasteiger partial charge >= 0.3 is 0 Å². The summed E-state index contributed by atoms with van der Waals surface area (Å²) in [5, 5.41) is 0.741. The second-order valence-corrected chi connectivity index (χ2v) is 5.71. The first-order chi connectivity index (χ1) is 8.15. The average Bonchev–Trinajstić information content (AvgIpc) is 2.30. The summed E-state index contributed by atoms with van der Waals surface area (Å²) in [6.07, 6.45) is 1.84. The second-order valence-electron chi connectivity index (χ2n) is 5.28. The van der Waals surface area contributed by atoms with Crippen LogP contribution >= 0.6 is 11.6 Å². The van der Waals surface area contributed by atoms with Gasteiger partial charge < -0.3 is 4.90 Å². The monoisotopic (exact) mass is 249 g/mol. The lowest BCUT2D eigenvalue weighted by atomic mass is 9.71. The summed E-state index contributed by atoms with van der Waals surface area (Å²) in [6, 6.07) is 5.71. The van der Waals surface area contributed by atoms with Gasteiger partial charge in [-0.25, -0.2) is 0 Å². The molecule has 1 aliphatic heterocycles. The number of carbonyl (C=O) groups excluding carboxylic acids is 1. The Hall–Kier alpha value is -0.860. The molecule has 2 atom stereocenters. The van der Waals surface area contributed by atoms with Crippen molar-refractivity contribution in [2.45, 2.75) is 18.8 Å². The van der Waals surface area contributed by atoms with Crippen LogP contribution < -0.4 is 0 Å². The Balaban J connectivity index is 2.06. The van der Waals surface area contributed by atoms with Crippen molar-refractivity contribution in [3.63, 3.8) is 0 Å². The number of hydrogen-bond acceptors (Lipinski definition) is 2. The van der Waals surface area contributed by atoms with E-state index in [1.807, 2.05) is 18.2 Å². The predicted molar refractivity (Wildman–Crippen MR) is 68.7 cm³/mol. The summed E-state index contributed by atoms with van der Waals surface area (Å²) in [6.45, 7) is 2.15. The third-order valence-electron chi connectivity index (χ3n) is 4.12. The number of benzene rings is 1. The van der Waals surface area contributed by atoms with Gasteiger partial charge in [-0.2, -0.15) is 0 Å². The molecule has 0 spiro atoms. The normalized spacial score (nSPS) is 28.7. The first-order valence-electron chi connectivity index (χ1n) is 6.16. The van der Waals surface area contributed by atoms with Crippen molar-refractivity contribution in [1.29, 1.82) is 0 Å². The standard InChI is InChI=1S/C14H16ClNO/c1-16-5-4-9-6-14(17)11-3-2-10(15)7-12(11)13(9)8-16/h2-3,7,9,13H,4-6,8H2,1H3/t9-,13+/m0/s1. The van der Waals surface area contributed by atoms with E-state index in [0.29, 0.717) is 24.0 Å². The van der Waals surface area contributed by atoms with Crippen LogP contribution in [0.1, 0.15) is 34.7 Å². The van der Waals surface area contributed by atoms with Gasteiger partial charge in [0.1, 0.15) is 0 Å². The Kier molecular flexibility index (Phi) is 2.72. The quantitative estimate of drug-likeness (QED) is 0.705. The van der Waals surface area contributed by atoms with Gasteiger partial charge in [-0.15, -0.1) is 0 Å². The maximum Gasteiger partial charge on any atom is 0.163 e. The number of rotatable bonds is 0. The van der Waals surface area contributed by atoms with Crippen molar-refractivity contribution < 1.29 is 4.79 Å². The highest BCUT2D eigenvalue weighted by molar-refractivity contribution is 6.30. The average molecular weight is 250 g/mol. The maximum atomic E-state index is 12.1. The fourth-order valence-corrected chi connectivity index (χ4v) is 3.38. The van der Waals surface area contributed by atoms with Gasteiger partial charge in [0.15, 0.2) is 5.78 Å². The van der Waals surface area contributed by atoms with Crippen LogP contribution in [0.3, 0.4) is 0 Å². The number of halogens is 1. The molecule has 1 saturated heterocycles. The van der Waals surface area contributed by atoms with Gasteiger partial charge in [-0.05, 0) is 49.7 Å². The topological polar surface area (TPSA) is 20.3 Å². The van der Waals surface area contributed by atoms with E-state index in [2.05, 4.69) is 11.9 Å². The highest BCUT2D eigenvalue weighted by Crippen LogP contribution is 2.41. The molecular formula is C14H16ClNO. The van der Waals surface area contributed by atoms with Crippen LogP contribution in [-0.4, -0.2) is 30.8 Å². The maximum absolute atomic E-state index is 12.1. The van der Waals surface area contributed by atoms with Crippen molar-refractivity contribution in [3.8, 4) is 0 Å². The number of fused-ring (bicyclic) bond motifs is 3. The molecule has 2 aliphatic rings. The van der Waals surface area contributed by atoms with Gasteiger partial charge in [0.2, 0.25) is 0 Å². The highest BCUT2D eigenvalue weighted by Gasteiger charge is 2.36. The van der Waals surface area contributed by atoms with E-state index in [0.717, 1.165) is 30.1 Å². The number of nitrogens with zero attached hydrogens (tertiary/aromatic N) is 1. The molecule has 3 rings (SSSR count). The molecule has 17 heavy (non-hydrogen) atoms. The molecule has 3 heteroatoms. The van der Waals surface area contributed by atoms with E-state index in [1.165, 1.54) is 5.56 Å². The van der Waals surface area contributed by atoms with Crippen molar-refractivity contribution >= 4 is 17.4 Å². The van der Waals surface area contributed by atoms with E-state index in [1.54, 1.807) is 0 Å². The van der Waals surface area contributed by atoms with Crippen molar-refractivity contribution in [2.24, 2.45) is 5.92 Å². The summed E-state index contributed by atoms with van der Waals surface area (Å²) in [5.74, 6) is 1.30. The zero-order chi connectivity index (χ0) is 12.0. The summed E-state index contributed by atoms with van der Waals surface area (Å²) in [4.78, 5) is 14.4. The Morgan fingerprint density at radius 3 is 3.06 bits per heavy atom. The van der Waals surface area contributed by atoms with Crippen LogP contribution in [0.2, 0.25) is 5.02 Å². The second kappa shape index (κ2) is 4.11.